The molecular weight excluding hydrogens is 288 g/mol. The monoisotopic (exact) mass is 310 g/mol. The first kappa shape index (κ1) is 14.4. The van der Waals surface area contributed by atoms with Crippen LogP contribution in [0.4, 0.5) is 0 Å². The third kappa shape index (κ3) is 2.76. The molecule has 3 unspecified atom stereocenters. The number of pyridine rings is 1. The Kier molecular flexibility index (Phi) is 3.43. The zero-order valence-corrected chi connectivity index (χ0v) is 13.6. The Morgan fingerprint density at radius 3 is 2.83 bits per heavy atom. The number of carbonyl (C=O) groups is 1. The number of hydrogen-bond acceptors (Lipinski definition) is 3. The van der Waals surface area contributed by atoms with E-state index in [0.717, 1.165) is 25.0 Å². The van der Waals surface area contributed by atoms with Crippen molar-refractivity contribution in [3.8, 4) is 0 Å². The summed E-state index contributed by atoms with van der Waals surface area (Å²) < 4.78 is 1.81. The summed E-state index contributed by atoms with van der Waals surface area (Å²) in [6.07, 6.45) is 8.91. The van der Waals surface area contributed by atoms with Gasteiger partial charge in [-0.2, -0.15) is 5.10 Å². The summed E-state index contributed by atoms with van der Waals surface area (Å²) in [4.78, 5) is 19.6. The fourth-order valence-corrected chi connectivity index (χ4v) is 3.46. The lowest BCUT2D eigenvalue weighted by atomic mass is 10.1. The fourth-order valence-electron chi connectivity index (χ4n) is 3.46. The van der Waals surface area contributed by atoms with Crippen molar-refractivity contribution >= 4 is 5.91 Å². The number of aryl methyl sites for hydroxylation is 1. The van der Waals surface area contributed by atoms with Gasteiger partial charge in [-0.05, 0) is 49.8 Å². The van der Waals surface area contributed by atoms with Crippen molar-refractivity contribution in [1.82, 2.24) is 19.7 Å². The van der Waals surface area contributed by atoms with Crippen molar-refractivity contribution in [2.75, 3.05) is 0 Å². The van der Waals surface area contributed by atoms with Crippen molar-refractivity contribution in [3.05, 3.63) is 48.0 Å². The molecule has 5 heteroatoms. The average molecular weight is 310 g/mol. The molecule has 4 rings (SSSR count). The number of carbonyl (C=O) groups excluding carboxylic acids is 1. The SMILES string of the molecule is CC(c1ccccn1)N(C(=O)C1CC1c1cnn(C)c1)C1CC1. The lowest BCUT2D eigenvalue weighted by Crippen LogP contribution is -2.37. The molecule has 0 radical (unpaired) electrons. The summed E-state index contributed by atoms with van der Waals surface area (Å²) in [6, 6.07) is 6.36. The highest BCUT2D eigenvalue weighted by atomic mass is 16.2. The molecule has 0 N–H and O–H groups in total. The normalized spacial score (nSPS) is 24.3. The molecule has 0 aliphatic heterocycles. The Balaban J connectivity index is 1.51. The van der Waals surface area contributed by atoms with Gasteiger partial charge in [0, 0.05) is 31.4 Å². The van der Waals surface area contributed by atoms with E-state index in [1.165, 1.54) is 5.56 Å². The zero-order chi connectivity index (χ0) is 16.0. The van der Waals surface area contributed by atoms with Crippen LogP contribution in [0.5, 0.6) is 0 Å². The topological polar surface area (TPSA) is 51.0 Å². The molecule has 0 bridgehead atoms. The second-order valence-electron chi connectivity index (χ2n) is 6.80. The highest BCUT2D eigenvalue weighted by Crippen LogP contribution is 2.50. The predicted molar refractivity (Wildman–Crippen MR) is 86.6 cm³/mol. The van der Waals surface area contributed by atoms with Gasteiger partial charge in [-0.15, -0.1) is 0 Å². The Labute approximate surface area is 136 Å². The maximum atomic E-state index is 13.1. The third-order valence-electron chi connectivity index (χ3n) is 4.99. The first-order valence-electron chi connectivity index (χ1n) is 8.37. The lowest BCUT2D eigenvalue weighted by molar-refractivity contribution is -0.135. The summed E-state index contributed by atoms with van der Waals surface area (Å²) >= 11 is 0. The molecule has 23 heavy (non-hydrogen) atoms. The van der Waals surface area contributed by atoms with E-state index in [1.807, 2.05) is 42.3 Å². The lowest BCUT2D eigenvalue weighted by Gasteiger charge is -2.29. The van der Waals surface area contributed by atoms with Crippen molar-refractivity contribution < 1.29 is 4.79 Å². The van der Waals surface area contributed by atoms with Crippen LogP contribution < -0.4 is 0 Å². The molecule has 2 aromatic rings. The smallest absolute Gasteiger partial charge is 0.227 e. The van der Waals surface area contributed by atoms with Gasteiger partial charge < -0.3 is 4.90 Å². The Bertz CT molecular complexity index is 707. The number of aromatic nitrogens is 3. The summed E-state index contributed by atoms with van der Waals surface area (Å²) in [5.74, 6) is 0.749. The minimum Gasteiger partial charge on any atom is -0.331 e. The number of rotatable bonds is 5. The van der Waals surface area contributed by atoms with Gasteiger partial charge in [-0.3, -0.25) is 14.5 Å². The number of hydrogen-bond donors (Lipinski definition) is 0. The largest absolute Gasteiger partial charge is 0.331 e. The Morgan fingerprint density at radius 1 is 1.39 bits per heavy atom. The molecule has 3 atom stereocenters. The summed E-state index contributed by atoms with van der Waals surface area (Å²) in [5, 5.41) is 4.23. The van der Waals surface area contributed by atoms with Crippen LogP contribution in [0.25, 0.3) is 0 Å². The predicted octanol–water partition coefficient (Wildman–Crippen LogP) is 2.67. The van der Waals surface area contributed by atoms with Gasteiger partial charge in [-0.1, -0.05) is 6.07 Å². The maximum Gasteiger partial charge on any atom is 0.227 e. The minimum atomic E-state index is 0.0475. The molecule has 2 aliphatic carbocycles. The van der Waals surface area contributed by atoms with Crippen LogP contribution in [0.2, 0.25) is 0 Å². The molecule has 0 aromatic carbocycles. The highest BCUT2D eigenvalue weighted by Gasteiger charge is 2.50. The standard InChI is InChI=1S/C18H22N4O/c1-12(17-5-3-4-8-19-17)22(14-6-7-14)18(23)16-9-15(16)13-10-20-21(2)11-13/h3-5,8,10-12,14-16H,6-7,9H2,1-2H3. The first-order valence-corrected chi connectivity index (χ1v) is 8.37. The summed E-state index contributed by atoms with van der Waals surface area (Å²) in [5.41, 5.74) is 2.17. The van der Waals surface area contributed by atoms with Crippen molar-refractivity contribution in [1.29, 1.82) is 0 Å². The van der Waals surface area contributed by atoms with E-state index in [1.54, 1.807) is 6.20 Å². The van der Waals surface area contributed by atoms with Crippen LogP contribution in [0.1, 0.15) is 49.4 Å². The molecule has 2 fully saturated rings. The molecule has 0 spiro atoms. The van der Waals surface area contributed by atoms with Crippen molar-refractivity contribution in [3.63, 3.8) is 0 Å². The van der Waals surface area contributed by atoms with E-state index in [9.17, 15) is 4.79 Å². The Hall–Kier alpha value is -2.17. The number of amides is 1. The molecule has 2 aromatic heterocycles. The van der Waals surface area contributed by atoms with Crippen molar-refractivity contribution in [2.45, 2.75) is 44.2 Å². The van der Waals surface area contributed by atoms with Crippen molar-refractivity contribution in [2.24, 2.45) is 13.0 Å². The van der Waals surface area contributed by atoms with Gasteiger partial charge in [0.15, 0.2) is 0 Å². The van der Waals surface area contributed by atoms with E-state index in [2.05, 4.69) is 21.9 Å². The second kappa shape index (κ2) is 5.48. The second-order valence-corrected chi connectivity index (χ2v) is 6.80. The van der Waals surface area contributed by atoms with Gasteiger partial charge in [0.2, 0.25) is 5.91 Å². The molecule has 2 heterocycles. The molecule has 2 aliphatic rings. The van der Waals surface area contributed by atoms with Gasteiger partial charge in [0.05, 0.1) is 17.9 Å². The maximum absolute atomic E-state index is 13.1. The van der Waals surface area contributed by atoms with Gasteiger partial charge in [0.25, 0.3) is 0 Å². The number of nitrogens with zero attached hydrogens (tertiary/aromatic N) is 4. The van der Waals surface area contributed by atoms with Gasteiger partial charge >= 0.3 is 0 Å². The first-order chi connectivity index (χ1) is 11.1. The zero-order valence-electron chi connectivity index (χ0n) is 13.6. The van der Waals surface area contributed by atoms with Crippen LogP contribution in [0.3, 0.4) is 0 Å². The van der Waals surface area contributed by atoms with Crippen LogP contribution in [-0.4, -0.2) is 31.6 Å². The highest BCUT2D eigenvalue weighted by molar-refractivity contribution is 5.84. The van der Waals surface area contributed by atoms with E-state index in [4.69, 9.17) is 0 Å². The molecule has 120 valence electrons. The molecular formula is C18H22N4O. The fraction of sp³-hybridized carbons (Fsp3) is 0.500. The van der Waals surface area contributed by atoms with E-state index < -0.39 is 0 Å². The Morgan fingerprint density at radius 2 is 2.22 bits per heavy atom. The van der Waals surface area contributed by atoms with Crippen LogP contribution >= 0.6 is 0 Å². The molecule has 2 saturated carbocycles. The minimum absolute atomic E-state index is 0.0475. The van der Waals surface area contributed by atoms with Crippen LogP contribution in [-0.2, 0) is 11.8 Å². The van der Waals surface area contributed by atoms with Gasteiger partial charge in [-0.25, -0.2) is 0 Å². The quantitative estimate of drug-likeness (QED) is 0.853. The third-order valence-corrected chi connectivity index (χ3v) is 4.99. The van der Waals surface area contributed by atoms with Crippen LogP contribution in [0.15, 0.2) is 36.8 Å². The molecule has 1 amide bonds. The summed E-state index contributed by atoms with van der Waals surface area (Å²) in [6.45, 7) is 2.10. The van der Waals surface area contributed by atoms with E-state index in [0.29, 0.717) is 17.9 Å². The van der Waals surface area contributed by atoms with E-state index >= 15 is 0 Å². The molecule has 0 saturated heterocycles. The van der Waals surface area contributed by atoms with Crippen LogP contribution in [0, 0.1) is 5.92 Å². The van der Waals surface area contributed by atoms with Gasteiger partial charge in [0.1, 0.15) is 0 Å². The average Bonchev–Trinajstić information content (AvgIpc) is 3.48. The molecule has 5 nitrogen and oxygen atoms in total. The van der Waals surface area contributed by atoms with E-state index in [-0.39, 0.29) is 12.0 Å². The summed E-state index contributed by atoms with van der Waals surface area (Å²) in [7, 11) is 1.92.